The van der Waals surface area contributed by atoms with Gasteiger partial charge in [-0.25, -0.2) is 0 Å². The summed E-state index contributed by atoms with van der Waals surface area (Å²) in [4.78, 5) is 0. The summed E-state index contributed by atoms with van der Waals surface area (Å²) in [6.07, 6.45) is 1.59. The highest BCUT2D eigenvalue weighted by atomic mass is 28.3. The second-order valence-electron chi connectivity index (χ2n) is 6.48. The van der Waals surface area contributed by atoms with E-state index in [1.54, 1.807) is 5.19 Å². The van der Waals surface area contributed by atoms with Gasteiger partial charge in [0.05, 0.1) is 19.8 Å². The Balaban J connectivity index is 2.28. The summed E-state index contributed by atoms with van der Waals surface area (Å²) in [7, 11) is -1.42. The van der Waals surface area contributed by atoms with Crippen molar-refractivity contribution in [1.82, 2.24) is 0 Å². The summed E-state index contributed by atoms with van der Waals surface area (Å²) in [5, 5.41) is 1.55. The molecular weight excluding hydrogens is 224 g/mol. The van der Waals surface area contributed by atoms with E-state index in [2.05, 4.69) is 64.2 Å². The zero-order chi connectivity index (χ0) is 12.7. The van der Waals surface area contributed by atoms with Gasteiger partial charge in [0, 0.05) is 0 Å². The lowest BCUT2D eigenvalue weighted by molar-refractivity contribution is -0.00682. The molecule has 1 aliphatic rings. The number of hydrogen-bond donors (Lipinski definition) is 0. The van der Waals surface area contributed by atoms with E-state index in [1.165, 1.54) is 6.42 Å². The van der Waals surface area contributed by atoms with Crippen LogP contribution in [0.2, 0.25) is 18.6 Å². The second kappa shape index (κ2) is 4.25. The van der Waals surface area contributed by atoms with Crippen LogP contribution in [0.5, 0.6) is 0 Å². The molecule has 0 unspecified atom stereocenters. The van der Waals surface area contributed by atoms with E-state index in [4.69, 9.17) is 4.74 Å². The minimum absolute atomic E-state index is 0.0587. The lowest BCUT2D eigenvalue weighted by atomic mass is 10.1. The molecule has 2 rings (SSSR count). The monoisotopic (exact) mass is 248 g/mol. The quantitative estimate of drug-likeness (QED) is 0.727. The molecular formula is C15H24OSi. The van der Waals surface area contributed by atoms with Crippen LogP contribution in [-0.4, -0.2) is 19.8 Å². The number of rotatable bonds is 2. The van der Waals surface area contributed by atoms with E-state index in [0.29, 0.717) is 6.10 Å². The van der Waals surface area contributed by atoms with Crippen LogP contribution in [0.25, 0.3) is 0 Å². The molecule has 0 amide bonds. The zero-order valence-electron chi connectivity index (χ0n) is 11.7. The largest absolute Gasteiger partial charge is 0.373 e. The molecule has 1 saturated heterocycles. The Kier molecular flexibility index (Phi) is 3.21. The summed E-state index contributed by atoms with van der Waals surface area (Å²) < 4.78 is 6.10. The van der Waals surface area contributed by atoms with Gasteiger partial charge in [0.25, 0.3) is 0 Å². The summed E-state index contributed by atoms with van der Waals surface area (Å²) in [6, 6.07) is 11.0. The fourth-order valence-corrected chi connectivity index (χ4v) is 6.98. The van der Waals surface area contributed by atoms with Gasteiger partial charge in [0.15, 0.2) is 0 Å². The fourth-order valence-electron chi connectivity index (χ4n) is 3.25. The molecule has 1 nitrogen and oxygen atoms in total. The Bertz CT molecular complexity index is 383. The van der Waals surface area contributed by atoms with Crippen molar-refractivity contribution in [2.24, 2.45) is 0 Å². The molecule has 0 aliphatic carbocycles. The summed E-state index contributed by atoms with van der Waals surface area (Å²) in [6.45, 7) is 11.7. The van der Waals surface area contributed by atoms with Crippen LogP contribution in [0.1, 0.15) is 27.2 Å². The van der Waals surface area contributed by atoms with Gasteiger partial charge in [-0.1, -0.05) is 48.6 Å². The standard InChI is InChI=1S/C15H24OSi/c1-12-14(11-15(2,3)16-12)17(4,5)13-9-7-6-8-10-13/h6-10,12,14H,11H2,1-5H3/t12-,14+/m1/s1. The third-order valence-electron chi connectivity index (χ3n) is 4.23. The van der Waals surface area contributed by atoms with Crippen LogP contribution in [0.3, 0.4) is 0 Å². The first-order chi connectivity index (χ1) is 7.83. The van der Waals surface area contributed by atoms with Gasteiger partial charge in [0.2, 0.25) is 0 Å². The Hall–Kier alpha value is -0.603. The zero-order valence-corrected chi connectivity index (χ0v) is 12.7. The van der Waals surface area contributed by atoms with Crippen molar-refractivity contribution >= 4 is 13.3 Å². The molecule has 0 bridgehead atoms. The van der Waals surface area contributed by atoms with Crippen molar-refractivity contribution in [3.63, 3.8) is 0 Å². The predicted octanol–water partition coefficient (Wildman–Crippen LogP) is 3.56. The molecule has 0 saturated carbocycles. The molecule has 1 fully saturated rings. The first-order valence-corrected chi connectivity index (χ1v) is 9.64. The molecule has 1 aromatic rings. The van der Waals surface area contributed by atoms with Crippen LogP contribution in [0.15, 0.2) is 30.3 Å². The summed E-state index contributed by atoms with van der Waals surface area (Å²) in [5.41, 5.74) is 0.781. The molecule has 0 N–H and O–H groups in total. The van der Waals surface area contributed by atoms with Crippen LogP contribution in [-0.2, 0) is 4.74 Å². The van der Waals surface area contributed by atoms with Gasteiger partial charge >= 0.3 is 0 Å². The van der Waals surface area contributed by atoms with Crippen LogP contribution in [0, 0.1) is 0 Å². The second-order valence-corrected chi connectivity index (χ2v) is 11.2. The Labute approximate surface area is 106 Å². The molecule has 17 heavy (non-hydrogen) atoms. The average Bonchev–Trinajstić information content (AvgIpc) is 2.54. The van der Waals surface area contributed by atoms with E-state index in [9.17, 15) is 0 Å². The number of ether oxygens (including phenoxy) is 1. The van der Waals surface area contributed by atoms with Crippen molar-refractivity contribution in [3.05, 3.63) is 30.3 Å². The maximum Gasteiger partial charge on any atom is 0.0863 e. The minimum Gasteiger partial charge on any atom is -0.373 e. The van der Waals surface area contributed by atoms with Crippen molar-refractivity contribution in [2.45, 2.75) is 57.5 Å². The smallest absolute Gasteiger partial charge is 0.0863 e. The Morgan fingerprint density at radius 3 is 2.24 bits per heavy atom. The van der Waals surface area contributed by atoms with Gasteiger partial charge in [-0.05, 0) is 32.7 Å². The highest BCUT2D eigenvalue weighted by Gasteiger charge is 2.46. The van der Waals surface area contributed by atoms with E-state index in [1.807, 2.05) is 0 Å². The molecule has 0 spiro atoms. The van der Waals surface area contributed by atoms with Gasteiger partial charge in [-0.3, -0.25) is 0 Å². The van der Waals surface area contributed by atoms with E-state index >= 15 is 0 Å². The molecule has 0 aromatic heterocycles. The average molecular weight is 248 g/mol. The number of hydrogen-bond acceptors (Lipinski definition) is 1. The van der Waals surface area contributed by atoms with Crippen molar-refractivity contribution in [3.8, 4) is 0 Å². The van der Waals surface area contributed by atoms with Gasteiger partial charge < -0.3 is 4.74 Å². The third kappa shape index (κ3) is 2.48. The number of benzene rings is 1. The van der Waals surface area contributed by atoms with Crippen LogP contribution < -0.4 is 5.19 Å². The first kappa shape index (κ1) is 12.8. The van der Waals surface area contributed by atoms with Crippen LogP contribution in [0.4, 0.5) is 0 Å². The lowest BCUT2D eigenvalue weighted by Crippen LogP contribution is -2.48. The van der Waals surface area contributed by atoms with E-state index in [0.717, 1.165) is 5.54 Å². The Morgan fingerprint density at radius 1 is 1.18 bits per heavy atom. The van der Waals surface area contributed by atoms with Crippen molar-refractivity contribution in [2.75, 3.05) is 0 Å². The highest BCUT2D eigenvalue weighted by Crippen LogP contribution is 2.43. The van der Waals surface area contributed by atoms with Gasteiger partial charge in [0.1, 0.15) is 0 Å². The van der Waals surface area contributed by atoms with Gasteiger partial charge in [-0.15, -0.1) is 0 Å². The van der Waals surface area contributed by atoms with Crippen molar-refractivity contribution < 1.29 is 4.74 Å². The first-order valence-electron chi connectivity index (χ1n) is 6.56. The third-order valence-corrected chi connectivity index (χ3v) is 8.58. The fraction of sp³-hybridized carbons (Fsp3) is 0.600. The van der Waals surface area contributed by atoms with Crippen molar-refractivity contribution in [1.29, 1.82) is 0 Å². The molecule has 2 atom stereocenters. The maximum atomic E-state index is 6.10. The summed E-state index contributed by atoms with van der Waals surface area (Å²) in [5.74, 6) is 0. The molecule has 0 radical (unpaired) electrons. The minimum atomic E-state index is -1.42. The normalized spacial score (nSPS) is 28.3. The Morgan fingerprint density at radius 2 is 1.76 bits per heavy atom. The molecule has 1 aromatic carbocycles. The molecule has 94 valence electrons. The topological polar surface area (TPSA) is 9.23 Å². The van der Waals surface area contributed by atoms with E-state index in [-0.39, 0.29) is 5.60 Å². The van der Waals surface area contributed by atoms with Gasteiger partial charge in [-0.2, -0.15) is 0 Å². The molecule has 2 heteroatoms. The van der Waals surface area contributed by atoms with Crippen LogP contribution >= 0.6 is 0 Å². The lowest BCUT2D eigenvalue weighted by Gasteiger charge is -2.32. The predicted molar refractivity (Wildman–Crippen MR) is 76.6 cm³/mol. The highest BCUT2D eigenvalue weighted by molar-refractivity contribution is 6.91. The SMILES string of the molecule is C[C@H]1OC(C)(C)C[C@@H]1[Si](C)(C)c1ccccc1. The summed E-state index contributed by atoms with van der Waals surface area (Å²) >= 11 is 0. The maximum absolute atomic E-state index is 6.10. The molecule has 1 aliphatic heterocycles. The molecule has 1 heterocycles. The van der Waals surface area contributed by atoms with E-state index < -0.39 is 8.07 Å².